The van der Waals surface area contributed by atoms with Gasteiger partial charge in [0.1, 0.15) is 0 Å². The first-order chi connectivity index (χ1) is 12.5. The Labute approximate surface area is 152 Å². The minimum absolute atomic E-state index is 0.0391. The summed E-state index contributed by atoms with van der Waals surface area (Å²) >= 11 is 0. The van der Waals surface area contributed by atoms with Crippen molar-refractivity contribution in [2.45, 2.75) is 20.3 Å². The van der Waals surface area contributed by atoms with Crippen LogP contribution in [0.15, 0.2) is 48.5 Å². The maximum absolute atomic E-state index is 12.3. The van der Waals surface area contributed by atoms with Crippen LogP contribution in [0.1, 0.15) is 40.1 Å². The van der Waals surface area contributed by atoms with Crippen molar-refractivity contribution in [3.63, 3.8) is 0 Å². The van der Waals surface area contributed by atoms with Crippen molar-refractivity contribution in [1.29, 1.82) is 0 Å². The first-order valence-corrected chi connectivity index (χ1v) is 8.46. The predicted octanol–water partition coefficient (Wildman–Crippen LogP) is 3.05. The zero-order valence-electron chi connectivity index (χ0n) is 14.9. The van der Waals surface area contributed by atoms with E-state index in [0.29, 0.717) is 29.9 Å². The molecule has 0 bridgehead atoms. The predicted molar refractivity (Wildman–Crippen MR) is 99.4 cm³/mol. The summed E-state index contributed by atoms with van der Waals surface area (Å²) in [7, 11) is 0. The summed E-state index contributed by atoms with van der Waals surface area (Å²) in [6.45, 7) is 5.11. The Kier molecular flexibility index (Phi) is 6.49. The third-order valence-corrected chi connectivity index (χ3v) is 4.07. The number of anilines is 1. The SMILES string of the molecule is CCN(CC)C(=O)c1ccc(NC(=O)Cc2ccccc2C(=O)O)cc1. The molecule has 0 radical (unpaired) electrons. The van der Waals surface area contributed by atoms with E-state index in [9.17, 15) is 14.4 Å². The van der Waals surface area contributed by atoms with Gasteiger partial charge in [0, 0.05) is 24.3 Å². The molecule has 0 unspecified atom stereocenters. The maximum Gasteiger partial charge on any atom is 0.335 e. The Hall–Kier alpha value is -3.15. The van der Waals surface area contributed by atoms with Crippen LogP contribution in [0, 0.1) is 0 Å². The highest BCUT2D eigenvalue weighted by molar-refractivity contribution is 5.97. The lowest BCUT2D eigenvalue weighted by molar-refractivity contribution is -0.115. The van der Waals surface area contributed by atoms with Gasteiger partial charge in [-0.3, -0.25) is 9.59 Å². The van der Waals surface area contributed by atoms with Crippen molar-refractivity contribution in [3.8, 4) is 0 Å². The Morgan fingerprint density at radius 2 is 1.58 bits per heavy atom. The zero-order valence-corrected chi connectivity index (χ0v) is 14.9. The molecule has 6 heteroatoms. The number of carbonyl (C=O) groups excluding carboxylic acids is 2. The molecule has 0 aromatic heterocycles. The average molecular weight is 354 g/mol. The second-order valence-electron chi connectivity index (χ2n) is 5.74. The van der Waals surface area contributed by atoms with Crippen LogP contribution < -0.4 is 5.32 Å². The van der Waals surface area contributed by atoms with Gasteiger partial charge in [-0.2, -0.15) is 0 Å². The van der Waals surface area contributed by atoms with Crippen LogP contribution in [0.4, 0.5) is 5.69 Å². The van der Waals surface area contributed by atoms with Crippen LogP contribution >= 0.6 is 0 Å². The van der Waals surface area contributed by atoms with Crippen LogP contribution in [0.25, 0.3) is 0 Å². The van der Waals surface area contributed by atoms with Gasteiger partial charge >= 0.3 is 5.97 Å². The maximum atomic E-state index is 12.3. The van der Waals surface area contributed by atoms with Crippen molar-refractivity contribution in [2.24, 2.45) is 0 Å². The van der Waals surface area contributed by atoms with Crippen LogP contribution in [-0.4, -0.2) is 40.9 Å². The Balaban J connectivity index is 2.04. The van der Waals surface area contributed by atoms with Gasteiger partial charge in [-0.1, -0.05) is 18.2 Å². The van der Waals surface area contributed by atoms with E-state index in [1.807, 2.05) is 13.8 Å². The molecule has 2 N–H and O–H groups in total. The van der Waals surface area contributed by atoms with Gasteiger partial charge in [-0.15, -0.1) is 0 Å². The van der Waals surface area contributed by atoms with Gasteiger partial charge < -0.3 is 15.3 Å². The van der Waals surface area contributed by atoms with Gasteiger partial charge in [-0.05, 0) is 49.7 Å². The van der Waals surface area contributed by atoms with E-state index in [2.05, 4.69) is 5.32 Å². The summed E-state index contributed by atoms with van der Waals surface area (Å²) in [5, 5.41) is 11.9. The number of carbonyl (C=O) groups is 3. The molecule has 0 aliphatic rings. The molecule has 0 atom stereocenters. The molecule has 2 amide bonds. The summed E-state index contributed by atoms with van der Waals surface area (Å²) < 4.78 is 0. The van der Waals surface area contributed by atoms with Crippen molar-refractivity contribution < 1.29 is 19.5 Å². The number of carboxylic acid groups (broad SMARTS) is 1. The van der Waals surface area contributed by atoms with Crippen LogP contribution in [0.2, 0.25) is 0 Å². The second kappa shape index (κ2) is 8.80. The Morgan fingerprint density at radius 3 is 2.15 bits per heavy atom. The normalized spacial score (nSPS) is 10.2. The Morgan fingerprint density at radius 1 is 0.962 bits per heavy atom. The number of nitrogens with one attached hydrogen (secondary N) is 1. The molecule has 0 heterocycles. The van der Waals surface area contributed by atoms with E-state index in [1.54, 1.807) is 47.4 Å². The first-order valence-electron chi connectivity index (χ1n) is 8.46. The molecule has 26 heavy (non-hydrogen) atoms. The van der Waals surface area contributed by atoms with Crippen molar-refractivity contribution >= 4 is 23.5 Å². The van der Waals surface area contributed by atoms with Crippen LogP contribution in [0.5, 0.6) is 0 Å². The van der Waals surface area contributed by atoms with Gasteiger partial charge in [-0.25, -0.2) is 4.79 Å². The molecular weight excluding hydrogens is 332 g/mol. The molecule has 136 valence electrons. The third kappa shape index (κ3) is 4.69. The van der Waals surface area contributed by atoms with Gasteiger partial charge in [0.05, 0.1) is 12.0 Å². The van der Waals surface area contributed by atoms with Crippen LogP contribution in [-0.2, 0) is 11.2 Å². The molecule has 0 aliphatic heterocycles. The number of hydrogen-bond acceptors (Lipinski definition) is 3. The lowest BCUT2D eigenvalue weighted by atomic mass is 10.0. The topological polar surface area (TPSA) is 86.7 Å². The lowest BCUT2D eigenvalue weighted by Crippen LogP contribution is -2.30. The highest BCUT2D eigenvalue weighted by Crippen LogP contribution is 2.14. The number of nitrogens with zero attached hydrogens (tertiary/aromatic N) is 1. The smallest absolute Gasteiger partial charge is 0.335 e. The largest absolute Gasteiger partial charge is 0.478 e. The summed E-state index contributed by atoms with van der Waals surface area (Å²) in [6.07, 6.45) is -0.0391. The molecule has 0 spiro atoms. The number of rotatable bonds is 7. The summed E-state index contributed by atoms with van der Waals surface area (Å²) in [6, 6.07) is 13.1. The molecular formula is C20H22N2O4. The second-order valence-corrected chi connectivity index (χ2v) is 5.74. The molecule has 6 nitrogen and oxygen atoms in total. The van der Waals surface area contributed by atoms with Crippen molar-refractivity contribution in [1.82, 2.24) is 4.90 Å². The fourth-order valence-electron chi connectivity index (χ4n) is 2.65. The summed E-state index contributed by atoms with van der Waals surface area (Å²) in [5.74, 6) is -1.43. The Bertz CT molecular complexity index is 796. The minimum atomic E-state index is -1.06. The highest BCUT2D eigenvalue weighted by atomic mass is 16.4. The quantitative estimate of drug-likeness (QED) is 0.800. The van der Waals surface area contributed by atoms with E-state index in [4.69, 9.17) is 5.11 Å². The minimum Gasteiger partial charge on any atom is -0.478 e. The monoisotopic (exact) mass is 354 g/mol. The highest BCUT2D eigenvalue weighted by Gasteiger charge is 2.14. The molecule has 2 aromatic carbocycles. The van der Waals surface area contributed by atoms with Gasteiger partial charge in [0.25, 0.3) is 5.91 Å². The van der Waals surface area contributed by atoms with E-state index in [-0.39, 0.29) is 23.8 Å². The number of carboxylic acids is 1. The van der Waals surface area contributed by atoms with E-state index < -0.39 is 5.97 Å². The summed E-state index contributed by atoms with van der Waals surface area (Å²) in [5.41, 5.74) is 1.68. The number of amides is 2. The summed E-state index contributed by atoms with van der Waals surface area (Å²) in [4.78, 5) is 37.4. The van der Waals surface area contributed by atoms with Gasteiger partial charge in [0.15, 0.2) is 0 Å². The fourth-order valence-corrected chi connectivity index (χ4v) is 2.65. The molecule has 0 fully saturated rings. The van der Waals surface area contributed by atoms with E-state index >= 15 is 0 Å². The van der Waals surface area contributed by atoms with Crippen LogP contribution in [0.3, 0.4) is 0 Å². The lowest BCUT2D eigenvalue weighted by Gasteiger charge is -2.18. The molecule has 2 aromatic rings. The van der Waals surface area contributed by atoms with Crippen molar-refractivity contribution in [2.75, 3.05) is 18.4 Å². The van der Waals surface area contributed by atoms with Crippen molar-refractivity contribution in [3.05, 3.63) is 65.2 Å². The zero-order chi connectivity index (χ0) is 19.1. The average Bonchev–Trinajstić information content (AvgIpc) is 2.63. The fraction of sp³-hybridized carbons (Fsp3) is 0.250. The molecule has 0 saturated heterocycles. The van der Waals surface area contributed by atoms with Gasteiger partial charge in [0.2, 0.25) is 5.91 Å². The number of aromatic carboxylic acids is 1. The number of hydrogen-bond donors (Lipinski definition) is 2. The first kappa shape index (κ1) is 19.2. The van der Waals surface area contributed by atoms with E-state index in [1.165, 1.54) is 6.07 Å². The number of benzene rings is 2. The third-order valence-electron chi connectivity index (χ3n) is 4.07. The molecule has 0 saturated carbocycles. The molecule has 2 rings (SSSR count). The standard InChI is InChI=1S/C20H22N2O4/c1-3-22(4-2)19(24)14-9-11-16(12-10-14)21-18(23)13-15-7-5-6-8-17(15)20(25)26/h5-12H,3-4,13H2,1-2H3,(H,21,23)(H,25,26). The van der Waals surface area contributed by atoms with E-state index in [0.717, 1.165) is 0 Å². The molecule has 0 aliphatic carbocycles.